The normalized spacial score (nSPS) is 11.1. The van der Waals surface area contributed by atoms with Gasteiger partial charge in [0.25, 0.3) is 5.69 Å². The van der Waals surface area contributed by atoms with E-state index in [0.717, 1.165) is 26.8 Å². The molecule has 0 amide bonds. The lowest BCUT2D eigenvalue weighted by atomic mass is 10.3. The standard InChI is InChI=1S/C11H9N5O2S2/c1-2-10-12-6-15(14-10)20-11-13-8-4-3-7(16(17)18)5-9(8)19-11/h3-6H,2H2,1H3. The Bertz CT molecular complexity index is 782. The lowest BCUT2D eigenvalue weighted by Gasteiger charge is -1.92. The van der Waals surface area contributed by atoms with Gasteiger partial charge in [-0.3, -0.25) is 10.1 Å². The van der Waals surface area contributed by atoms with Crippen LogP contribution >= 0.6 is 23.3 Å². The monoisotopic (exact) mass is 307 g/mol. The van der Waals surface area contributed by atoms with Crippen LogP contribution < -0.4 is 0 Å². The fraction of sp³-hybridized carbons (Fsp3) is 0.182. The van der Waals surface area contributed by atoms with Crippen molar-refractivity contribution in [3.8, 4) is 0 Å². The molecular formula is C11H9N5O2S2. The van der Waals surface area contributed by atoms with Gasteiger partial charge in [0.15, 0.2) is 10.2 Å². The first kappa shape index (κ1) is 13.0. The molecule has 0 N–H and O–H groups in total. The number of rotatable bonds is 4. The Morgan fingerprint density at radius 1 is 1.50 bits per heavy atom. The van der Waals surface area contributed by atoms with Gasteiger partial charge in [0, 0.05) is 30.5 Å². The molecule has 0 fully saturated rings. The lowest BCUT2D eigenvalue weighted by molar-refractivity contribution is -0.384. The smallest absolute Gasteiger partial charge is 0.258 e. The number of nitro benzene ring substituents is 1. The molecule has 9 heteroatoms. The molecule has 102 valence electrons. The number of nitrogens with zero attached hydrogens (tertiary/aromatic N) is 5. The van der Waals surface area contributed by atoms with Gasteiger partial charge in [-0.15, -0.1) is 16.4 Å². The van der Waals surface area contributed by atoms with E-state index >= 15 is 0 Å². The summed E-state index contributed by atoms with van der Waals surface area (Å²) in [5.41, 5.74) is 0.825. The van der Waals surface area contributed by atoms with E-state index in [1.54, 1.807) is 16.5 Å². The first-order chi connectivity index (χ1) is 9.65. The van der Waals surface area contributed by atoms with Crippen LogP contribution in [0.1, 0.15) is 12.7 Å². The van der Waals surface area contributed by atoms with Gasteiger partial charge in [-0.05, 0) is 6.07 Å². The van der Waals surface area contributed by atoms with E-state index in [9.17, 15) is 10.1 Å². The van der Waals surface area contributed by atoms with Crippen molar-refractivity contribution in [3.05, 3.63) is 40.5 Å². The molecule has 0 aliphatic carbocycles. The molecule has 20 heavy (non-hydrogen) atoms. The maximum Gasteiger partial charge on any atom is 0.270 e. The quantitative estimate of drug-likeness (QED) is 0.544. The summed E-state index contributed by atoms with van der Waals surface area (Å²) in [5.74, 6) is 0.772. The van der Waals surface area contributed by atoms with Crippen molar-refractivity contribution in [1.29, 1.82) is 0 Å². The predicted octanol–water partition coefficient (Wildman–Crippen LogP) is 2.91. The van der Waals surface area contributed by atoms with Crippen LogP contribution in [0.2, 0.25) is 0 Å². The summed E-state index contributed by atoms with van der Waals surface area (Å²) < 4.78 is 3.20. The summed E-state index contributed by atoms with van der Waals surface area (Å²) in [6.07, 6.45) is 2.41. The van der Waals surface area contributed by atoms with Gasteiger partial charge in [0.05, 0.1) is 15.1 Å². The second-order valence-corrected chi connectivity index (χ2v) is 6.13. The average molecular weight is 307 g/mol. The van der Waals surface area contributed by atoms with E-state index in [4.69, 9.17) is 0 Å². The number of non-ortho nitro benzene ring substituents is 1. The van der Waals surface area contributed by atoms with E-state index in [1.807, 2.05) is 6.92 Å². The Morgan fingerprint density at radius 2 is 2.35 bits per heavy atom. The molecule has 0 aliphatic rings. The molecule has 0 saturated carbocycles. The first-order valence-corrected chi connectivity index (χ1v) is 7.38. The van der Waals surface area contributed by atoms with Crippen LogP contribution in [0.4, 0.5) is 5.69 Å². The van der Waals surface area contributed by atoms with Crippen LogP contribution in [0.3, 0.4) is 0 Å². The molecule has 1 aromatic carbocycles. The summed E-state index contributed by atoms with van der Waals surface area (Å²) in [5, 5.41) is 15.0. The number of aromatic nitrogens is 4. The number of benzene rings is 1. The van der Waals surface area contributed by atoms with Crippen molar-refractivity contribution >= 4 is 39.2 Å². The molecule has 0 radical (unpaired) electrons. The maximum absolute atomic E-state index is 10.7. The molecule has 2 heterocycles. The fourth-order valence-electron chi connectivity index (χ4n) is 1.61. The summed E-state index contributed by atoms with van der Waals surface area (Å²) >= 11 is 2.74. The van der Waals surface area contributed by atoms with Gasteiger partial charge in [0.1, 0.15) is 6.33 Å². The zero-order chi connectivity index (χ0) is 14.1. The van der Waals surface area contributed by atoms with Crippen LogP contribution in [0, 0.1) is 10.1 Å². The molecule has 0 atom stereocenters. The van der Waals surface area contributed by atoms with Crippen molar-refractivity contribution in [1.82, 2.24) is 19.2 Å². The summed E-state index contributed by atoms with van der Waals surface area (Å²) in [7, 11) is 0. The Kier molecular flexibility index (Phi) is 3.36. The van der Waals surface area contributed by atoms with E-state index in [0.29, 0.717) is 0 Å². The van der Waals surface area contributed by atoms with Gasteiger partial charge in [-0.25, -0.2) is 9.97 Å². The summed E-state index contributed by atoms with van der Waals surface area (Å²) in [6, 6.07) is 4.66. The number of nitro groups is 1. The molecule has 0 spiro atoms. The highest BCUT2D eigenvalue weighted by molar-refractivity contribution is 7.99. The minimum absolute atomic E-state index is 0.0757. The molecule has 0 aliphatic heterocycles. The van der Waals surface area contributed by atoms with E-state index in [2.05, 4.69) is 15.1 Å². The molecule has 7 nitrogen and oxygen atoms in total. The number of fused-ring (bicyclic) bond motifs is 1. The van der Waals surface area contributed by atoms with Gasteiger partial charge >= 0.3 is 0 Å². The van der Waals surface area contributed by atoms with Gasteiger partial charge in [0.2, 0.25) is 0 Å². The average Bonchev–Trinajstić information content (AvgIpc) is 3.03. The minimum atomic E-state index is -0.406. The third-order valence-electron chi connectivity index (χ3n) is 2.57. The molecule has 0 bridgehead atoms. The zero-order valence-corrected chi connectivity index (χ0v) is 12.0. The maximum atomic E-state index is 10.7. The number of aryl methyl sites for hydroxylation is 1. The van der Waals surface area contributed by atoms with Crippen LogP contribution in [0.5, 0.6) is 0 Å². The topological polar surface area (TPSA) is 86.7 Å². The molecule has 2 aromatic heterocycles. The highest BCUT2D eigenvalue weighted by Crippen LogP contribution is 2.31. The van der Waals surface area contributed by atoms with Gasteiger partial charge in [-0.1, -0.05) is 6.92 Å². The Labute approximate surface area is 121 Å². The molecule has 0 saturated heterocycles. The van der Waals surface area contributed by atoms with Gasteiger partial charge < -0.3 is 0 Å². The fourth-order valence-corrected chi connectivity index (χ4v) is 3.52. The van der Waals surface area contributed by atoms with E-state index in [-0.39, 0.29) is 5.69 Å². The van der Waals surface area contributed by atoms with Crippen molar-refractivity contribution < 1.29 is 4.92 Å². The van der Waals surface area contributed by atoms with Crippen molar-refractivity contribution in [2.24, 2.45) is 0 Å². The number of hydrogen-bond acceptors (Lipinski definition) is 7. The Hall–Kier alpha value is -2.00. The highest BCUT2D eigenvalue weighted by atomic mass is 32.2. The second-order valence-electron chi connectivity index (χ2n) is 3.90. The van der Waals surface area contributed by atoms with Crippen LogP contribution in [-0.4, -0.2) is 24.1 Å². The van der Waals surface area contributed by atoms with E-state index < -0.39 is 4.92 Å². The van der Waals surface area contributed by atoms with Crippen LogP contribution in [-0.2, 0) is 6.42 Å². The van der Waals surface area contributed by atoms with Gasteiger partial charge in [-0.2, -0.15) is 4.09 Å². The Balaban J connectivity index is 1.90. The van der Waals surface area contributed by atoms with Crippen LogP contribution in [0.25, 0.3) is 10.2 Å². The van der Waals surface area contributed by atoms with Crippen molar-refractivity contribution in [2.45, 2.75) is 17.7 Å². The highest BCUT2D eigenvalue weighted by Gasteiger charge is 2.11. The van der Waals surface area contributed by atoms with Crippen LogP contribution in [0.15, 0.2) is 28.9 Å². The SMILES string of the molecule is CCc1ncn(Sc2nc3ccc([N+](=O)[O-])cc3s2)n1. The largest absolute Gasteiger partial charge is 0.270 e. The van der Waals surface area contributed by atoms with Crippen molar-refractivity contribution in [2.75, 3.05) is 0 Å². The summed E-state index contributed by atoms with van der Waals surface area (Å²) in [4.78, 5) is 18.9. The zero-order valence-electron chi connectivity index (χ0n) is 10.4. The molecular weight excluding hydrogens is 298 g/mol. The number of thiazole rings is 1. The second kappa shape index (κ2) is 5.17. The third-order valence-corrected chi connectivity index (χ3v) is 4.47. The summed E-state index contributed by atoms with van der Waals surface area (Å²) in [6.45, 7) is 1.99. The minimum Gasteiger partial charge on any atom is -0.258 e. The Morgan fingerprint density at radius 3 is 3.05 bits per heavy atom. The third kappa shape index (κ3) is 2.49. The van der Waals surface area contributed by atoms with Crippen molar-refractivity contribution in [3.63, 3.8) is 0 Å². The molecule has 0 unspecified atom stereocenters. The predicted molar refractivity (Wildman–Crippen MR) is 76.9 cm³/mol. The van der Waals surface area contributed by atoms with E-state index in [1.165, 1.54) is 35.4 Å². The molecule has 3 aromatic rings. The number of hydrogen-bond donors (Lipinski definition) is 0. The first-order valence-electron chi connectivity index (χ1n) is 5.79. The lowest BCUT2D eigenvalue weighted by Crippen LogP contribution is -1.88. The molecule has 3 rings (SSSR count).